The van der Waals surface area contributed by atoms with Crippen molar-refractivity contribution < 1.29 is 22.5 Å². The molecule has 6 nitrogen and oxygen atoms in total. The molecular weight excluding hydrogens is 373 g/mol. The van der Waals surface area contributed by atoms with Crippen molar-refractivity contribution >= 4 is 17.5 Å². The highest BCUT2D eigenvalue weighted by Crippen LogP contribution is 2.30. The van der Waals surface area contributed by atoms with Crippen molar-refractivity contribution in [1.29, 1.82) is 0 Å². The molecule has 28 heavy (non-hydrogen) atoms. The Balaban J connectivity index is 1.73. The van der Waals surface area contributed by atoms with E-state index < -0.39 is 17.6 Å². The maximum atomic E-state index is 12.7. The highest BCUT2D eigenvalue weighted by Gasteiger charge is 2.31. The lowest BCUT2D eigenvalue weighted by Crippen LogP contribution is -2.24. The summed E-state index contributed by atoms with van der Waals surface area (Å²) in [4.78, 5) is 17.9. The number of hydrogen-bond acceptors (Lipinski definition) is 5. The van der Waals surface area contributed by atoms with Gasteiger partial charge < -0.3 is 14.7 Å². The first-order valence-corrected chi connectivity index (χ1v) is 8.51. The summed E-state index contributed by atoms with van der Waals surface area (Å²) in [6, 6.07) is 3.87. The number of nitrogens with zero attached hydrogens (tertiary/aromatic N) is 3. The van der Waals surface area contributed by atoms with Crippen molar-refractivity contribution in [3.05, 3.63) is 59.6 Å². The molecular formula is C19H19F3N4O2. The third-order valence-corrected chi connectivity index (χ3v) is 4.02. The maximum absolute atomic E-state index is 12.7. The van der Waals surface area contributed by atoms with Crippen molar-refractivity contribution in [2.75, 3.05) is 16.8 Å². The van der Waals surface area contributed by atoms with Crippen LogP contribution in [0, 0.1) is 0 Å². The van der Waals surface area contributed by atoms with Gasteiger partial charge in [0, 0.05) is 30.4 Å². The molecule has 0 aromatic carbocycles. The van der Waals surface area contributed by atoms with Crippen LogP contribution in [0.4, 0.5) is 24.8 Å². The molecule has 1 amide bonds. The number of rotatable bonds is 3. The molecule has 2 aromatic rings. The van der Waals surface area contributed by atoms with Gasteiger partial charge in [0.15, 0.2) is 5.82 Å². The number of alkyl halides is 3. The summed E-state index contributed by atoms with van der Waals surface area (Å²) in [5.74, 6) is 0.807. The molecule has 3 heterocycles. The largest absolute Gasteiger partial charge is 0.417 e. The number of hydrogen-bond donors (Lipinski definition) is 1. The number of amides is 1. The minimum Gasteiger partial charge on any atom is -0.359 e. The molecule has 148 valence electrons. The first kappa shape index (κ1) is 19.7. The molecule has 0 saturated carbocycles. The Morgan fingerprint density at radius 1 is 1.25 bits per heavy atom. The Morgan fingerprint density at radius 3 is 2.57 bits per heavy atom. The standard InChI is InChI=1S/C19H19F3N4O2/c1-18(2,3)14-9-15(25-28-14)24-17(27)12-5-4-8-26(11-12)16-7-6-13(10-23-16)19(20,21)22/h4-7,9-11H,8H2,1-3H3,(H,24,25,27). The molecule has 1 N–H and O–H groups in total. The monoisotopic (exact) mass is 392 g/mol. The Labute approximate surface area is 159 Å². The van der Waals surface area contributed by atoms with Gasteiger partial charge in [0.1, 0.15) is 11.6 Å². The predicted octanol–water partition coefficient (Wildman–Crippen LogP) is 4.28. The number of anilines is 2. The van der Waals surface area contributed by atoms with E-state index in [0.29, 0.717) is 23.7 Å². The molecule has 0 saturated heterocycles. The predicted molar refractivity (Wildman–Crippen MR) is 97.6 cm³/mol. The van der Waals surface area contributed by atoms with Crippen LogP contribution in [0.25, 0.3) is 0 Å². The Morgan fingerprint density at radius 2 is 2.00 bits per heavy atom. The van der Waals surface area contributed by atoms with E-state index in [1.54, 1.807) is 23.1 Å². The van der Waals surface area contributed by atoms with Gasteiger partial charge in [0.2, 0.25) is 0 Å². The van der Waals surface area contributed by atoms with Crippen LogP contribution in [-0.4, -0.2) is 22.6 Å². The highest BCUT2D eigenvalue weighted by atomic mass is 19.4. The topological polar surface area (TPSA) is 71.3 Å². The third-order valence-electron chi connectivity index (χ3n) is 4.02. The second-order valence-corrected chi connectivity index (χ2v) is 7.32. The van der Waals surface area contributed by atoms with Crippen LogP contribution in [0.1, 0.15) is 32.1 Å². The van der Waals surface area contributed by atoms with E-state index in [1.807, 2.05) is 20.8 Å². The quantitative estimate of drug-likeness (QED) is 0.844. The highest BCUT2D eigenvalue weighted by molar-refractivity contribution is 6.05. The lowest BCUT2D eigenvalue weighted by molar-refractivity contribution is -0.137. The van der Waals surface area contributed by atoms with Crippen LogP contribution in [0.15, 0.2) is 52.8 Å². The van der Waals surface area contributed by atoms with Gasteiger partial charge in [0.05, 0.1) is 11.1 Å². The lowest BCUT2D eigenvalue weighted by Gasteiger charge is -2.22. The fraction of sp³-hybridized carbons (Fsp3) is 0.316. The van der Waals surface area contributed by atoms with Crippen LogP contribution in [-0.2, 0) is 16.4 Å². The first-order valence-electron chi connectivity index (χ1n) is 8.51. The van der Waals surface area contributed by atoms with E-state index in [9.17, 15) is 18.0 Å². The molecule has 1 aliphatic heterocycles. The molecule has 1 aliphatic rings. The van der Waals surface area contributed by atoms with Gasteiger partial charge in [-0.3, -0.25) is 4.79 Å². The average Bonchev–Trinajstić information content (AvgIpc) is 3.10. The van der Waals surface area contributed by atoms with E-state index in [1.165, 1.54) is 12.3 Å². The molecule has 3 rings (SSSR count). The normalized spacial score (nSPS) is 14.8. The fourth-order valence-corrected chi connectivity index (χ4v) is 2.45. The van der Waals surface area contributed by atoms with Gasteiger partial charge in [-0.25, -0.2) is 4.98 Å². The minimum atomic E-state index is -4.45. The van der Waals surface area contributed by atoms with Gasteiger partial charge >= 0.3 is 6.18 Å². The second kappa shape index (κ2) is 7.14. The Kier molecular flexibility index (Phi) is 5.01. The summed E-state index contributed by atoms with van der Waals surface area (Å²) in [6.07, 6.45) is 1.19. The Bertz CT molecular complexity index is 922. The van der Waals surface area contributed by atoms with Gasteiger partial charge in [0.25, 0.3) is 5.91 Å². The Hall–Kier alpha value is -3.10. The van der Waals surface area contributed by atoms with Crippen molar-refractivity contribution in [3.63, 3.8) is 0 Å². The fourth-order valence-electron chi connectivity index (χ4n) is 2.45. The number of nitrogens with one attached hydrogen (secondary N) is 1. The summed E-state index contributed by atoms with van der Waals surface area (Å²) in [7, 11) is 0. The van der Waals surface area contributed by atoms with E-state index in [0.717, 1.165) is 12.3 Å². The minimum absolute atomic E-state index is 0.245. The molecule has 0 unspecified atom stereocenters. The average molecular weight is 392 g/mol. The van der Waals surface area contributed by atoms with E-state index in [2.05, 4.69) is 15.5 Å². The van der Waals surface area contributed by atoms with Gasteiger partial charge in [-0.2, -0.15) is 13.2 Å². The third kappa shape index (κ3) is 4.41. The molecule has 9 heteroatoms. The number of halogens is 3. The van der Waals surface area contributed by atoms with Crippen LogP contribution >= 0.6 is 0 Å². The molecule has 0 aliphatic carbocycles. The van der Waals surface area contributed by atoms with Crippen LogP contribution in [0.2, 0.25) is 0 Å². The molecule has 0 spiro atoms. The van der Waals surface area contributed by atoms with Crippen molar-refractivity contribution in [3.8, 4) is 0 Å². The summed E-state index contributed by atoms with van der Waals surface area (Å²) in [6.45, 7) is 6.26. The maximum Gasteiger partial charge on any atom is 0.417 e. The van der Waals surface area contributed by atoms with Crippen molar-refractivity contribution in [1.82, 2.24) is 10.1 Å². The zero-order valence-electron chi connectivity index (χ0n) is 15.5. The second-order valence-electron chi connectivity index (χ2n) is 7.32. The van der Waals surface area contributed by atoms with Crippen molar-refractivity contribution in [2.45, 2.75) is 32.4 Å². The zero-order valence-corrected chi connectivity index (χ0v) is 15.5. The van der Waals surface area contributed by atoms with Crippen molar-refractivity contribution in [2.24, 2.45) is 0 Å². The van der Waals surface area contributed by atoms with Crippen LogP contribution < -0.4 is 10.2 Å². The van der Waals surface area contributed by atoms with Crippen LogP contribution in [0.5, 0.6) is 0 Å². The number of carbonyl (C=O) groups is 1. The van der Waals surface area contributed by atoms with E-state index in [4.69, 9.17) is 4.52 Å². The number of pyridine rings is 1. The van der Waals surface area contributed by atoms with Gasteiger partial charge in [-0.1, -0.05) is 38.1 Å². The van der Waals surface area contributed by atoms with Gasteiger partial charge in [-0.15, -0.1) is 0 Å². The lowest BCUT2D eigenvalue weighted by atomic mass is 9.93. The number of carbonyl (C=O) groups excluding carboxylic acids is 1. The van der Waals surface area contributed by atoms with E-state index >= 15 is 0 Å². The first-order chi connectivity index (χ1) is 13.0. The summed E-state index contributed by atoms with van der Waals surface area (Å²) in [5.41, 5.74) is -0.759. The smallest absolute Gasteiger partial charge is 0.359 e. The summed E-state index contributed by atoms with van der Waals surface area (Å²) < 4.78 is 43.2. The molecule has 0 atom stereocenters. The summed E-state index contributed by atoms with van der Waals surface area (Å²) >= 11 is 0. The van der Waals surface area contributed by atoms with Gasteiger partial charge in [-0.05, 0) is 12.1 Å². The molecule has 0 bridgehead atoms. The number of aromatic nitrogens is 2. The SMILES string of the molecule is CC(C)(C)c1cc(NC(=O)C2=CN(c3ccc(C(F)(F)F)cn3)CC=C2)no1. The summed E-state index contributed by atoms with van der Waals surface area (Å²) in [5, 5.41) is 6.48. The molecule has 0 radical (unpaired) electrons. The zero-order chi connectivity index (χ0) is 20.5. The van der Waals surface area contributed by atoms with Crippen LogP contribution in [0.3, 0.4) is 0 Å². The van der Waals surface area contributed by atoms with E-state index in [-0.39, 0.29) is 11.2 Å². The molecule has 0 fully saturated rings. The molecule has 2 aromatic heterocycles.